The van der Waals surface area contributed by atoms with Gasteiger partial charge in [-0.2, -0.15) is 0 Å². The summed E-state index contributed by atoms with van der Waals surface area (Å²) in [7, 11) is 0. The SMILES string of the molecule is Nc1ncnc2c1c(-c1cccc(OCc3ccccc3)c1)cn2C1CC(CN2CCN(CCOC=O)CC2)C1. The standard InChI is InChI=1S/C31H36N6O3/c32-30-29-28(25-7-4-8-27(17-25)40-20-23-5-2-1-3-6-23)19-37(31(29)34-21-33-30)26-15-24(16-26)18-36-11-9-35(10-12-36)13-14-39-22-38/h1-8,17,19,21-22,24,26H,9-16,18,20H2,(H2,32,33,34). The van der Waals surface area contributed by atoms with Crippen molar-refractivity contribution in [2.24, 2.45) is 5.92 Å². The number of nitrogen functional groups attached to an aromatic ring is 1. The summed E-state index contributed by atoms with van der Waals surface area (Å²) in [5, 5.41) is 0.904. The van der Waals surface area contributed by atoms with Crippen LogP contribution in [0.5, 0.6) is 5.75 Å². The molecule has 208 valence electrons. The quantitative estimate of drug-likeness (QED) is 0.225. The number of ether oxygens (including phenoxy) is 2. The second-order valence-electron chi connectivity index (χ2n) is 10.8. The molecule has 2 N–H and O–H groups in total. The molecule has 9 nitrogen and oxygen atoms in total. The van der Waals surface area contributed by atoms with Gasteiger partial charge in [0.05, 0.1) is 5.39 Å². The van der Waals surface area contributed by atoms with Crippen molar-refractivity contribution in [2.75, 3.05) is 51.6 Å². The molecular formula is C31H36N6O3. The fraction of sp³-hybridized carbons (Fsp3) is 0.387. The summed E-state index contributed by atoms with van der Waals surface area (Å²) in [6.45, 7) is 7.62. The van der Waals surface area contributed by atoms with Crippen molar-refractivity contribution >= 4 is 23.3 Å². The molecule has 4 aromatic rings. The molecule has 0 amide bonds. The average molecular weight is 541 g/mol. The molecule has 3 heterocycles. The van der Waals surface area contributed by atoms with E-state index in [1.54, 1.807) is 6.33 Å². The van der Waals surface area contributed by atoms with Gasteiger partial charge >= 0.3 is 0 Å². The van der Waals surface area contributed by atoms with Gasteiger partial charge in [-0.15, -0.1) is 0 Å². The maximum Gasteiger partial charge on any atom is 0.293 e. The van der Waals surface area contributed by atoms with Crippen molar-refractivity contribution in [3.05, 3.63) is 72.7 Å². The van der Waals surface area contributed by atoms with E-state index in [9.17, 15) is 4.79 Å². The molecule has 1 aliphatic heterocycles. The Bertz CT molecular complexity index is 1430. The Balaban J connectivity index is 1.12. The van der Waals surface area contributed by atoms with Crippen molar-refractivity contribution in [2.45, 2.75) is 25.5 Å². The third-order valence-electron chi connectivity index (χ3n) is 8.21. The molecule has 2 fully saturated rings. The van der Waals surface area contributed by atoms with Crippen LogP contribution in [0.3, 0.4) is 0 Å². The first-order valence-corrected chi connectivity index (χ1v) is 14.1. The summed E-state index contributed by atoms with van der Waals surface area (Å²) < 4.78 is 13.3. The molecule has 0 unspecified atom stereocenters. The predicted octanol–water partition coefficient (Wildman–Crippen LogP) is 4.00. The molecule has 40 heavy (non-hydrogen) atoms. The van der Waals surface area contributed by atoms with Crippen molar-refractivity contribution in [1.29, 1.82) is 0 Å². The van der Waals surface area contributed by atoms with Crippen LogP contribution < -0.4 is 10.5 Å². The van der Waals surface area contributed by atoms with Crippen LogP contribution in [0, 0.1) is 5.92 Å². The summed E-state index contributed by atoms with van der Waals surface area (Å²) in [6, 6.07) is 18.8. The highest BCUT2D eigenvalue weighted by Crippen LogP contribution is 2.43. The van der Waals surface area contributed by atoms with E-state index in [1.165, 1.54) is 0 Å². The highest BCUT2D eigenvalue weighted by molar-refractivity contribution is 6.00. The minimum Gasteiger partial charge on any atom is -0.489 e. The summed E-state index contributed by atoms with van der Waals surface area (Å²) in [5.41, 5.74) is 10.5. The lowest BCUT2D eigenvalue weighted by molar-refractivity contribution is -0.129. The highest BCUT2D eigenvalue weighted by Gasteiger charge is 2.34. The van der Waals surface area contributed by atoms with Crippen LogP contribution in [0.2, 0.25) is 0 Å². The van der Waals surface area contributed by atoms with Crippen molar-refractivity contribution in [3.63, 3.8) is 0 Å². The van der Waals surface area contributed by atoms with Gasteiger partial charge in [-0.3, -0.25) is 9.69 Å². The highest BCUT2D eigenvalue weighted by atomic mass is 16.5. The van der Waals surface area contributed by atoms with Gasteiger partial charge in [-0.25, -0.2) is 9.97 Å². The summed E-state index contributed by atoms with van der Waals surface area (Å²) in [6.07, 6.45) is 6.02. The summed E-state index contributed by atoms with van der Waals surface area (Å²) >= 11 is 0. The first-order valence-electron chi connectivity index (χ1n) is 14.1. The van der Waals surface area contributed by atoms with Crippen molar-refractivity contribution in [1.82, 2.24) is 24.3 Å². The lowest BCUT2D eigenvalue weighted by Gasteiger charge is -2.42. The summed E-state index contributed by atoms with van der Waals surface area (Å²) in [4.78, 5) is 24.3. The Labute approximate surface area is 234 Å². The Morgan fingerprint density at radius 2 is 1.77 bits per heavy atom. The third-order valence-corrected chi connectivity index (χ3v) is 8.21. The zero-order chi connectivity index (χ0) is 27.3. The number of carbonyl (C=O) groups is 1. The molecule has 0 spiro atoms. The monoisotopic (exact) mass is 540 g/mol. The van der Waals surface area contributed by atoms with Gasteiger partial charge in [-0.1, -0.05) is 42.5 Å². The fourth-order valence-electron chi connectivity index (χ4n) is 5.97. The van der Waals surface area contributed by atoms with E-state index < -0.39 is 0 Å². The Kier molecular flexibility index (Phi) is 7.92. The lowest BCUT2D eigenvalue weighted by atomic mass is 9.79. The topological polar surface area (TPSA) is 98.7 Å². The molecule has 1 saturated carbocycles. The number of fused-ring (bicyclic) bond motifs is 1. The number of aromatic nitrogens is 3. The van der Waals surface area contributed by atoms with Crippen LogP contribution in [0.25, 0.3) is 22.2 Å². The van der Waals surface area contributed by atoms with Crippen LogP contribution in [0.15, 0.2) is 67.1 Å². The first kappa shape index (κ1) is 26.3. The van der Waals surface area contributed by atoms with E-state index in [1.807, 2.05) is 30.3 Å². The van der Waals surface area contributed by atoms with Crippen molar-refractivity contribution < 1.29 is 14.3 Å². The van der Waals surface area contributed by atoms with Crippen molar-refractivity contribution in [3.8, 4) is 16.9 Å². The molecular weight excluding hydrogens is 504 g/mol. The Morgan fingerprint density at radius 3 is 2.58 bits per heavy atom. The van der Waals surface area contributed by atoms with Gasteiger partial charge in [-0.05, 0) is 42.0 Å². The smallest absolute Gasteiger partial charge is 0.293 e. The van der Waals surface area contributed by atoms with E-state index in [4.69, 9.17) is 15.2 Å². The average Bonchev–Trinajstić information content (AvgIpc) is 3.36. The van der Waals surface area contributed by atoms with Crippen LogP contribution in [0.1, 0.15) is 24.4 Å². The number of benzene rings is 2. The van der Waals surface area contributed by atoms with E-state index in [0.29, 0.717) is 37.5 Å². The molecule has 6 rings (SSSR count). The minimum atomic E-state index is 0.398. The number of nitrogens with two attached hydrogens (primary N) is 1. The number of carbonyl (C=O) groups excluding carboxylic acids is 1. The Morgan fingerprint density at radius 1 is 0.975 bits per heavy atom. The number of hydrogen-bond donors (Lipinski definition) is 1. The first-order chi connectivity index (χ1) is 19.7. The number of piperazine rings is 1. The maximum atomic E-state index is 10.4. The number of hydrogen-bond acceptors (Lipinski definition) is 8. The molecule has 1 saturated heterocycles. The molecule has 1 aliphatic carbocycles. The van der Waals surface area contributed by atoms with Gasteiger partial charge in [0.15, 0.2) is 0 Å². The van der Waals surface area contributed by atoms with Gasteiger partial charge in [0.25, 0.3) is 6.47 Å². The lowest BCUT2D eigenvalue weighted by Crippen LogP contribution is -2.49. The van der Waals surface area contributed by atoms with Crippen LogP contribution >= 0.6 is 0 Å². The van der Waals surface area contributed by atoms with Gasteiger partial charge in [0.1, 0.15) is 36.8 Å². The van der Waals surface area contributed by atoms with Crippen LogP contribution in [-0.2, 0) is 16.1 Å². The Hall–Kier alpha value is -3.95. The second kappa shape index (κ2) is 12.1. The second-order valence-corrected chi connectivity index (χ2v) is 10.8. The number of rotatable bonds is 11. The maximum absolute atomic E-state index is 10.4. The predicted molar refractivity (Wildman–Crippen MR) is 155 cm³/mol. The third kappa shape index (κ3) is 5.80. The van der Waals surface area contributed by atoms with E-state index in [2.05, 4.69) is 54.8 Å². The molecule has 2 aromatic carbocycles. The molecule has 0 atom stereocenters. The van der Waals surface area contributed by atoms with Crippen LogP contribution in [0.4, 0.5) is 5.82 Å². The largest absolute Gasteiger partial charge is 0.489 e. The fourth-order valence-corrected chi connectivity index (χ4v) is 5.97. The zero-order valence-electron chi connectivity index (χ0n) is 22.7. The molecule has 9 heteroatoms. The molecule has 2 aromatic heterocycles. The zero-order valence-corrected chi connectivity index (χ0v) is 22.7. The minimum absolute atomic E-state index is 0.398. The van der Waals surface area contributed by atoms with Gasteiger partial charge < -0.3 is 24.7 Å². The van der Waals surface area contributed by atoms with Gasteiger partial charge in [0, 0.05) is 57.1 Å². The molecule has 0 radical (unpaired) electrons. The van der Waals surface area contributed by atoms with Crippen LogP contribution in [-0.4, -0.2) is 76.7 Å². The number of nitrogens with zero attached hydrogens (tertiary/aromatic N) is 5. The van der Waals surface area contributed by atoms with E-state index in [0.717, 1.165) is 85.6 Å². The van der Waals surface area contributed by atoms with Gasteiger partial charge in [0.2, 0.25) is 0 Å². The van der Waals surface area contributed by atoms with E-state index >= 15 is 0 Å². The van der Waals surface area contributed by atoms with E-state index in [-0.39, 0.29) is 0 Å². The molecule has 0 bridgehead atoms. The number of anilines is 1. The molecule has 2 aliphatic rings. The summed E-state index contributed by atoms with van der Waals surface area (Å²) in [5.74, 6) is 1.99. The normalized spacial score (nSPS) is 19.8.